The van der Waals surface area contributed by atoms with Gasteiger partial charge in [-0.1, -0.05) is 19.1 Å². The topological polar surface area (TPSA) is 44.4 Å². The molecule has 26 heavy (non-hydrogen) atoms. The van der Waals surface area contributed by atoms with Gasteiger partial charge in [0.15, 0.2) is 0 Å². The second-order valence-electron chi connectivity index (χ2n) is 6.45. The molecule has 2 N–H and O–H groups in total. The lowest BCUT2D eigenvalue weighted by Gasteiger charge is -2.22. The van der Waals surface area contributed by atoms with Crippen molar-refractivity contribution in [2.75, 3.05) is 35.2 Å². The molecular weight excluding hydrogens is 322 g/mol. The summed E-state index contributed by atoms with van der Waals surface area (Å²) in [6.45, 7) is 11.2. The Hall–Kier alpha value is -2.49. The average molecular weight is 354 g/mol. The zero-order chi connectivity index (χ0) is 18.9. The lowest BCUT2D eigenvalue weighted by Crippen LogP contribution is -2.22. The largest absolute Gasteiger partial charge is 0.384 e. The maximum Gasteiger partial charge on any atom is 0.226 e. The summed E-state index contributed by atoms with van der Waals surface area (Å²) < 4.78 is 0. The van der Waals surface area contributed by atoms with E-state index in [0.29, 0.717) is 13.0 Å². The number of amides is 1. The molecule has 2 aromatic rings. The number of benzene rings is 2. The van der Waals surface area contributed by atoms with Crippen molar-refractivity contribution in [1.82, 2.24) is 0 Å². The fourth-order valence-electron chi connectivity index (χ4n) is 2.99. The minimum absolute atomic E-state index is 0.0270. The van der Waals surface area contributed by atoms with Gasteiger partial charge in [0.05, 0.1) is 0 Å². The van der Waals surface area contributed by atoms with Crippen molar-refractivity contribution < 1.29 is 4.79 Å². The third-order valence-corrected chi connectivity index (χ3v) is 4.65. The molecule has 0 spiro atoms. The Morgan fingerprint density at radius 3 is 2.27 bits per heavy atom. The summed E-state index contributed by atoms with van der Waals surface area (Å²) in [5.41, 5.74) is 5.65. The summed E-state index contributed by atoms with van der Waals surface area (Å²) in [6, 6.07) is 14.5. The van der Waals surface area contributed by atoms with Gasteiger partial charge >= 0.3 is 0 Å². The first-order valence-corrected chi connectivity index (χ1v) is 9.55. The second kappa shape index (κ2) is 9.85. The number of rotatable bonds is 9. The number of carbonyl (C=O) groups excluding carboxylic acids is 1. The van der Waals surface area contributed by atoms with Crippen molar-refractivity contribution in [2.24, 2.45) is 0 Å². The van der Waals surface area contributed by atoms with Gasteiger partial charge < -0.3 is 15.5 Å². The Balaban J connectivity index is 1.83. The molecular formula is C22H31N3O. The molecule has 0 saturated heterocycles. The molecule has 4 nitrogen and oxygen atoms in total. The summed E-state index contributed by atoms with van der Waals surface area (Å²) in [4.78, 5) is 14.4. The highest BCUT2D eigenvalue weighted by atomic mass is 16.1. The minimum Gasteiger partial charge on any atom is -0.384 e. The molecule has 0 aliphatic carbocycles. The number of nitrogens with zero attached hydrogens (tertiary/aromatic N) is 1. The minimum atomic E-state index is 0.0270. The van der Waals surface area contributed by atoms with Gasteiger partial charge in [0.1, 0.15) is 0 Å². The molecule has 0 bridgehead atoms. The van der Waals surface area contributed by atoms with Crippen molar-refractivity contribution >= 4 is 23.0 Å². The summed E-state index contributed by atoms with van der Waals surface area (Å²) >= 11 is 0. The Bertz CT molecular complexity index is 706. The Kier molecular flexibility index (Phi) is 7.52. The molecule has 0 heterocycles. The van der Waals surface area contributed by atoms with Crippen LogP contribution in [0, 0.1) is 6.92 Å². The summed E-state index contributed by atoms with van der Waals surface area (Å²) in [7, 11) is 0. The van der Waals surface area contributed by atoms with Crippen LogP contribution in [-0.2, 0) is 11.2 Å². The van der Waals surface area contributed by atoms with E-state index in [-0.39, 0.29) is 5.91 Å². The smallest absolute Gasteiger partial charge is 0.226 e. The highest BCUT2D eigenvalue weighted by Crippen LogP contribution is 2.22. The van der Waals surface area contributed by atoms with Gasteiger partial charge in [-0.15, -0.1) is 0 Å². The summed E-state index contributed by atoms with van der Waals surface area (Å²) in [5.74, 6) is 0.0270. The maximum absolute atomic E-state index is 12.1. The molecule has 0 unspecified atom stereocenters. The average Bonchev–Trinajstić information content (AvgIpc) is 2.65. The second-order valence-corrected chi connectivity index (χ2v) is 6.45. The molecule has 4 heteroatoms. The van der Waals surface area contributed by atoms with Crippen molar-refractivity contribution in [2.45, 2.75) is 40.5 Å². The summed E-state index contributed by atoms with van der Waals surface area (Å²) in [5, 5.41) is 6.32. The molecule has 2 rings (SSSR count). The lowest BCUT2D eigenvalue weighted by molar-refractivity contribution is -0.115. The highest BCUT2D eigenvalue weighted by molar-refractivity contribution is 5.91. The number of hydrogen-bond donors (Lipinski definition) is 2. The van der Waals surface area contributed by atoms with Gasteiger partial charge in [0, 0.05) is 43.1 Å². The number of carbonyl (C=O) groups is 1. The highest BCUT2D eigenvalue weighted by Gasteiger charge is 2.06. The first kappa shape index (κ1) is 19.8. The number of anilines is 3. The third kappa shape index (κ3) is 5.51. The van der Waals surface area contributed by atoms with Crippen LogP contribution < -0.4 is 15.5 Å². The van der Waals surface area contributed by atoms with Crippen LogP contribution in [0.1, 0.15) is 38.3 Å². The van der Waals surface area contributed by atoms with E-state index in [9.17, 15) is 4.79 Å². The van der Waals surface area contributed by atoms with E-state index in [1.54, 1.807) is 0 Å². The summed E-state index contributed by atoms with van der Waals surface area (Å²) in [6.07, 6.45) is 1.44. The van der Waals surface area contributed by atoms with Crippen molar-refractivity contribution in [1.29, 1.82) is 0 Å². The Labute approximate surface area is 157 Å². The molecule has 1 amide bonds. The van der Waals surface area contributed by atoms with Crippen LogP contribution in [0.5, 0.6) is 0 Å². The molecule has 0 saturated carbocycles. The van der Waals surface area contributed by atoms with E-state index >= 15 is 0 Å². The zero-order valence-corrected chi connectivity index (χ0v) is 16.4. The normalized spacial score (nSPS) is 10.5. The van der Waals surface area contributed by atoms with Crippen LogP contribution in [0.3, 0.4) is 0 Å². The van der Waals surface area contributed by atoms with E-state index in [1.165, 1.54) is 16.8 Å². The molecule has 0 atom stereocenters. The monoisotopic (exact) mass is 353 g/mol. The fourth-order valence-corrected chi connectivity index (χ4v) is 2.99. The van der Waals surface area contributed by atoms with Crippen molar-refractivity contribution in [3.8, 4) is 0 Å². The molecule has 0 fully saturated rings. The first-order chi connectivity index (χ1) is 12.6. The van der Waals surface area contributed by atoms with Gasteiger partial charge in [0.25, 0.3) is 0 Å². The van der Waals surface area contributed by atoms with E-state index in [1.807, 2.05) is 12.1 Å². The predicted molar refractivity (Wildman–Crippen MR) is 112 cm³/mol. The van der Waals surface area contributed by atoms with Crippen LogP contribution >= 0.6 is 0 Å². The number of aryl methyl sites for hydroxylation is 2. The zero-order valence-electron chi connectivity index (χ0n) is 16.4. The SMILES string of the molecule is CCc1ccc(NC(=O)CCNc2ccc(N(CC)CC)cc2C)cc1. The van der Waals surface area contributed by atoms with Gasteiger partial charge in [-0.05, 0) is 68.7 Å². The van der Waals surface area contributed by atoms with Crippen LogP contribution in [0.25, 0.3) is 0 Å². The predicted octanol–water partition coefficient (Wildman–Crippen LogP) is 4.84. The van der Waals surface area contributed by atoms with E-state index in [4.69, 9.17) is 0 Å². The molecule has 140 valence electrons. The van der Waals surface area contributed by atoms with Crippen molar-refractivity contribution in [3.63, 3.8) is 0 Å². The van der Waals surface area contributed by atoms with E-state index in [2.05, 4.69) is 73.6 Å². The van der Waals surface area contributed by atoms with Crippen LogP contribution in [-0.4, -0.2) is 25.5 Å². The molecule has 0 aliphatic rings. The van der Waals surface area contributed by atoms with Crippen molar-refractivity contribution in [3.05, 3.63) is 53.6 Å². The molecule has 0 aliphatic heterocycles. The fraction of sp³-hybridized carbons (Fsp3) is 0.409. The quantitative estimate of drug-likeness (QED) is 0.678. The van der Waals surface area contributed by atoms with Gasteiger partial charge in [-0.3, -0.25) is 4.79 Å². The van der Waals surface area contributed by atoms with Crippen LogP contribution in [0.4, 0.5) is 17.1 Å². The Morgan fingerprint density at radius 2 is 1.69 bits per heavy atom. The van der Waals surface area contributed by atoms with Gasteiger partial charge in [-0.2, -0.15) is 0 Å². The third-order valence-electron chi connectivity index (χ3n) is 4.65. The van der Waals surface area contributed by atoms with Gasteiger partial charge in [0.2, 0.25) is 5.91 Å². The maximum atomic E-state index is 12.1. The van der Waals surface area contributed by atoms with E-state index < -0.39 is 0 Å². The lowest BCUT2D eigenvalue weighted by atomic mass is 10.1. The molecule has 2 aromatic carbocycles. The van der Waals surface area contributed by atoms with Crippen LogP contribution in [0.2, 0.25) is 0 Å². The van der Waals surface area contributed by atoms with Gasteiger partial charge in [-0.25, -0.2) is 0 Å². The Morgan fingerprint density at radius 1 is 1.00 bits per heavy atom. The number of hydrogen-bond acceptors (Lipinski definition) is 3. The molecule has 0 radical (unpaired) electrons. The first-order valence-electron chi connectivity index (χ1n) is 9.55. The number of nitrogens with one attached hydrogen (secondary N) is 2. The van der Waals surface area contributed by atoms with Crippen LogP contribution in [0.15, 0.2) is 42.5 Å². The van der Waals surface area contributed by atoms with E-state index in [0.717, 1.165) is 30.9 Å². The molecule has 0 aromatic heterocycles. The standard InChI is InChI=1S/C22H31N3O/c1-5-18-8-10-19(11-9-18)24-22(26)14-15-23-21-13-12-20(16-17(21)4)25(6-2)7-3/h8-13,16,23H,5-7,14-15H2,1-4H3,(H,24,26).